The van der Waals surface area contributed by atoms with Gasteiger partial charge in [0.05, 0.1) is 4.90 Å². The molecule has 0 saturated carbocycles. The molecule has 0 radical (unpaired) electrons. The number of carbonyl (C=O) groups is 1. The molecule has 1 aromatic heterocycles. The molecular weight excluding hydrogens is 423 g/mol. The third kappa shape index (κ3) is 5.75. The topological polar surface area (TPSA) is 66.5 Å². The van der Waals surface area contributed by atoms with Crippen molar-refractivity contribution in [2.75, 3.05) is 13.1 Å². The molecule has 3 aromatic rings. The highest BCUT2D eigenvalue weighted by molar-refractivity contribution is 7.89. The molecule has 0 spiro atoms. The molecule has 1 amide bonds. The zero-order valence-electron chi connectivity index (χ0n) is 16.5. The van der Waals surface area contributed by atoms with Crippen LogP contribution in [0.2, 0.25) is 0 Å². The summed E-state index contributed by atoms with van der Waals surface area (Å²) in [5, 5.41) is 1.95. The molecule has 0 bridgehead atoms. The van der Waals surface area contributed by atoms with E-state index in [0.717, 1.165) is 4.88 Å². The average molecular weight is 447 g/mol. The summed E-state index contributed by atoms with van der Waals surface area (Å²) in [5.74, 6) is -0.589. The van der Waals surface area contributed by atoms with Crippen LogP contribution in [0.25, 0.3) is 0 Å². The Hall–Kier alpha value is -2.55. The molecule has 1 N–H and O–H groups in total. The summed E-state index contributed by atoms with van der Waals surface area (Å²) in [5.41, 5.74) is 1.07. The molecular formula is C22H23FN2O3S2. The Morgan fingerprint density at radius 3 is 2.50 bits per heavy atom. The molecule has 0 aliphatic carbocycles. The van der Waals surface area contributed by atoms with Crippen LogP contribution in [0.1, 0.15) is 27.7 Å². The minimum Gasteiger partial charge on any atom is -0.335 e. The van der Waals surface area contributed by atoms with Crippen molar-refractivity contribution < 1.29 is 17.6 Å². The monoisotopic (exact) mass is 446 g/mol. The maximum absolute atomic E-state index is 13.4. The fourth-order valence-electron chi connectivity index (χ4n) is 2.99. The number of sulfonamides is 1. The lowest BCUT2D eigenvalue weighted by molar-refractivity contribution is 0.0752. The number of benzene rings is 2. The lowest BCUT2D eigenvalue weighted by Crippen LogP contribution is -2.30. The van der Waals surface area contributed by atoms with E-state index in [-0.39, 0.29) is 23.2 Å². The first kappa shape index (κ1) is 22.1. The summed E-state index contributed by atoms with van der Waals surface area (Å²) in [6.07, 6.45) is 0.624. The van der Waals surface area contributed by atoms with Crippen LogP contribution in [0.4, 0.5) is 4.39 Å². The van der Waals surface area contributed by atoms with Crippen LogP contribution in [-0.4, -0.2) is 32.3 Å². The van der Waals surface area contributed by atoms with Gasteiger partial charge < -0.3 is 4.90 Å². The van der Waals surface area contributed by atoms with E-state index < -0.39 is 10.0 Å². The number of nitrogens with zero attached hydrogens (tertiary/aromatic N) is 1. The lowest BCUT2D eigenvalue weighted by atomic mass is 10.1. The van der Waals surface area contributed by atoms with Crippen molar-refractivity contribution in [2.24, 2.45) is 0 Å². The Morgan fingerprint density at radius 1 is 1.10 bits per heavy atom. The average Bonchev–Trinajstić information content (AvgIpc) is 3.25. The summed E-state index contributed by atoms with van der Waals surface area (Å²) >= 11 is 1.58. The van der Waals surface area contributed by atoms with E-state index in [4.69, 9.17) is 0 Å². The Labute approximate surface area is 180 Å². The SMILES string of the molecule is CCN(Cc1cccc(F)c1)C(=O)c1ccc(S(=O)(=O)NCCc2cccs2)cc1. The van der Waals surface area contributed by atoms with Crippen molar-refractivity contribution in [3.8, 4) is 0 Å². The summed E-state index contributed by atoms with van der Waals surface area (Å²) in [6, 6.07) is 15.9. The van der Waals surface area contributed by atoms with Crippen molar-refractivity contribution in [3.63, 3.8) is 0 Å². The smallest absolute Gasteiger partial charge is 0.254 e. The van der Waals surface area contributed by atoms with Crippen molar-refractivity contribution in [3.05, 3.63) is 87.9 Å². The number of hydrogen-bond acceptors (Lipinski definition) is 4. The summed E-state index contributed by atoms with van der Waals surface area (Å²) in [6.45, 7) is 2.87. The minimum absolute atomic E-state index is 0.110. The highest BCUT2D eigenvalue weighted by Gasteiger charge is 2.18. The molecule has 0 unspecified atom stereocenters. The van der Waals surface area contributed by atoms with Crippen LogP contribution < -0.4 is 4.72 Å². The van der Waals surface area contributed by atoms with Crippen LogP contribution in [0.5, 0.6) is 0 Å². The van der Waals surface area contributed by atoms with Crippen molar-refractivity contribution in [2.45, 2.75) is 24.8 Å². The largest absolute Gasteiger partial charge is 0.335 e. The molecule has 0 atom stereocenters. The van der Waals surface area contributed by atoms with Gasteiger partial charge in [0.25, 0.3) is 5.91 Å². The molecule has 0 aliphatic rings. The third-order valence-electron chi connectivity index (χ3n) is 4.59. The first-order chi connectivity index (χ1) is 14.4. The van der Waals surface area contributed by atoms with Gasteiger partial charge in [0.2, 0.25) is 10.0 Å². The van der Waals surface area contributed by atoms with E-state index in [1.165, 1.54) is 36.4 Å². The second-order valence-corrected chi connectivity index (χ2v) is 9.50. The first-order valence-electron chi connectivity index (χ1n) is 9.55. The van der Waals surface area contributed by atoms with E-state index in [1.54, 1.807) is 28.4 Å². The van der Waals surface area contributed by atoms with Gasteiger partial charge in [-0.1, -0.05) is 18.2 Å². The number of nitrogens with one attached hydrogen (secondary N) is 1. The highest BCUT2D eigenvalue weighted by atomic mass is 32.2. The highest BCUT2D eigenvalue weighted by Crippen LogP contribution is 2.15. The fourth-order valence-corrected chi connectivity index (χ4v) is 4.73. The number of rotatable bonds is 9. The van der Waals surface area contributed by atoms with Crippen LogP contribution in [0.3, 0.4) is 0 Å². The molecule has 0 saturated heterocycles. The van der Waals surface area contributed by atoms with Gasteiger partial charge in [0.1, 0.15) is 5.82 Å². The molecule has 8 heteroatoms. The summed E-state index contributed by atoms with van der Waals surface area (Å²) in [7, 11) is -3.65. The number of thiophene rings is 1. The van der Waals surface area contributed by atoms with E-state index in [2.05, 4.69) is 4.72 Å². The normalized spacial score (nSPS) is 11.4. The lowest BCUT2D eigenvalue weighted by Gasteiger charge is -2.21. The van der Waals surface area contributed by atoms with Crippen LogP contribution in [0.15, 0.2) is 70.9 Å². The fraction of sp³-hybridized carbons (Fsp3) is 0.227. The predicted molar refractivity (Wildman–Crippen MR) is 116 cm³/mol. The maximum atomic E-state index is 13.4. The van der Waals surface area contributed by atoms with E-state index in [1.807, 2.05) is 24.4 Å². The Morgan fingerprint density at radius 2 is 1.87 bits per heavy atom. The predicted octanol–water partition coefficient (Wildman–Crippen LogP) is 4.07. The summed E-state index contributed by atoms with van der Waals surface area (Å²) in [4.78, 5) is 15.6. The van der Waals surface area contributed by atoms with Crippen LogP contribution in [-0.2, 0) is 23.0 Å². The standard InChI is InChI=1S/C22H23FN2O3S2/c1-2-25(16-17-5-3-6-19(23)15-17)22(26)18-8-10-21(11-9-18)30(27,28)24-13-12-20-7-4-14-29-20/h3-11,14-15,24H,2,12-13,16H2,1H3. The Bertz CT molecular complexity index is 1080. The quantitative estimate of drug-likeness (QED) is 0.539. The molecule has 0 aliphatic heterocycles. The second-order valence-electron chi connectivity index (χ2n) is 6.70. The molecule has 5 nitrogen and oxygen atoms in total. The molecule has 2 aromatic carbocycles. The van der Waals surface area contributed by atoms with E-state index >= 15 is 0 Å². The van der Waals surface area contributed by atoms with Crippen LogP contribution >= 0.6 is 11.3 Å². The molecule has 30 heavy (non-hydrogen) atoms. The Balaban J connectivity index is 1.64. The van der Waals surface area contributed by atoms with Gasteiger partial charge in [0.15, 0.2) is 0 Å². The minimum atomic E-state index is -3.65. The number of amides is 1. The van der Waals surface area contributed by atoms with Gasteiger partial charge in [-0.3, -0.25) is 4.79 Å². The maximum Gasteiger partial charge on any atom is 0.254 e. The van der Waals surface area contributed by atoms with Crippen molar-refractivity contribution in [1.82, 2.24) is 9.62 Å². The summed E-state index contributed by atoms with van der Waals surface area (Å²) < 4.78 is 40.9. The van der Waals surface area contributed by atoms with E-state index in [9.17, 15) is 17.6 Å². The molecule has 1 heterocycles. The van der Waals surface area contributed by atoms with Gasteiger partial charge >= 0.3 is 0 Å². The first-order valence-corrected chi connectivity index (χ1v) is 11.9. The number of carbonyl (C=O) groups excluding carboxylic acids is 1. The van der Waals surface area contributed by atoms with Gasteiger partial charge in [-0.05, 0) is 66.8 Å². The van der Waals surface area contributed by atoms with Crippen molar-refractivity contribution >= 4 is 27.3 Å². The van der Waals surface area contributed by atoms with Gasteiger partial charge in [-0.2, -0.15) is 0 Å². The third-order valence-corrected chi connectivity index (χ3v) is 7.00. The zero-order valence-corrected chi connectivity index (χ0v) is 18.2. The van der Waals surface area contributed by atoms with Gasteiger partial charge in [0, 0.05) is 30.1 Å². The van der Waals surface area contributed by atoms with Gasteiger partial charge in [-0.15, -0.1) is 11.3 Å². The number of halogens is 1. The van der Waals surface area contributed by atoms with Crippen LogP contribution in [0, 0.1) is 5.82 Å². The van der Waals surface area contributed by atoms with E-state index in [0.29, 0.717) is 30.6 Å². The van der Waals surface area contributed by atoms with Gasteiger partial charge in [-0.25, -0.2) is 17.5 Å². The second kappa shape index (κ2) is 9.97. The number of hydrogen-bond donors (Lipinski definition) is 1. The zero-order chi connectivity index (χ0) is 21.6. The molecule has 158 valence electrons. The van der Waals surface area contributed by atoms with Crippen molar-refractivity contribution in [1.29, 1.82) is 0 Å². The molecule has 3 rings (SSSR count). The molecule has 0 fully saturated rings. The Kier molecular flexibility index (Phi) is 7.36.